The number of nitro benzene ring substituents is 1. The fourth-order valence-electron chi connectivity index (χ4n) is 3.33. The lowest BCUT2D eigenvalue weighted by atomic mass is 10.2. The number of thioether (sulfide) groups is 1. The van der Waals surface area contributed by atoms with E-state index in [9.17, 15) is 14.9 Å². The molecule has 1 aliphatic rings. The van der Waals surface area contributed by atoms with Gasteiger partial charge in [0.05, 0.1) is 9.83 Å². The minimum atomic E-state index is -0.402. The number of nitrogens with zero attached hydrogens (tertiary/aromatic N) is 2. The van der Waals surface area contributed by atoms with Crippen molar-refractivity contribution < 1.29 is 9.72 Å². The zero-order valence-electron chi connectivity index (χ0n) is 16.6. The van der Waals surface area contributed by atoms with Gasteiger partial charge in [-0.15, -0.1) is 0 Å². The van der Waals surface area contributed by atoms with Gasteiger partial charge in [-0.25, -0.2) is 0 Å². The van der Waals surface area contributed by atoms with Crippen LogP contribution in [-0.4, -0.2) is 19.7 Å². The molecule has 1 aliphatic heterocycles. The molecule has 31 heavy (non-hydrogen) atoms. The van der Waals surface area contributed by atoms with Crippen LogP contribution in [0.4, 0.5) is 5.69 Å². The fraction of sp³-hybridized carbons (Fsp3) is 0.0909. The quantitative estimate of drug-likeness (QED) is 0.226. The molecule has 2 heterocycles. The number of amides is 1. The Morgan fingerprint density at radius 2 is 1.71 bits per heavy atom. The molecule has 6 nitrogen and oxygen atoms in total. The molecule has 0 unspecified atom stereocenters. The molecule has 2 aromatic carbocycles. The van der Waals surface area contributed by atoms with Gasteiger partial charge in [0.2, 0.25) is 0 Å². The summed E-state index contributed by atoms with van der Waals surface area (Å²) < 4.78 is 2.62. The van der Waals surface area contributed by atoms with Crippen molar-refractivity contribution in [3.05, 3.63) is 86.6 Å². The summed E-state index contributed by atoms with van der Waals surface area (Å²) in [5.41, 5.74) is 4.17. The molecule has 1 amide bonds. The van der Waals surface area contributed by atoms with Crippen LogP contribution in [0.3, 0.4) is 0 Å². The molecule has 4 rings (SSSR count). The maximum absolute atomic E-state index is 12.0. The second-order valence-electron chi connectivity index (χ2n) is 6.86. The van der Waals surface area contributed by atoms with E-state index in [-0.39, 0.29) is 11.6 Å². The molecular formula is C22H17N3O3S3. The lowest BCUT2D eigenvalue weighted by Crippen LogP contribution is -2.17. The second-order valence-corrected chi connectivity index (χ2v) is 9.73. The van der Waals surface area contributed by atoms with Crippen LogP contribution in [0.1, 0.15) is 17.0 Å². The third-order valence-electron chi connectivity index (χ3n) is 4.78. The van der Waals surface area contributed by atoms with Crippen LogP contribution in [0, 0.1) is 24.0 Å². The highest BCUT2D eigenvalue weighted by atomic mass is 32.2. The molecule has 1 saturated heterocycles. The smallest absolute Gasteiger partial charge is 0.269 e. The van der Waals surface area contributed by atoms with Crippen molar-refractivity contribution in [1.29, 1.82) is 0 Å². The molecule has 0 aliphatic carbocycles. The van der Waals surface area contributed by atoms with Crippen molar-refractivity contribution in [2.45, 2.75) is 23.6 Å². The van der Waals surface area contributed by atoms with Crippen molar-refractivity contribution >= 4 is 57.7 Å². The van der Waals surface area contributed by atoms with E-state index in [1.807, 2.05) is 44.2 Å². The largest absolute Gasteiger partial charge is 0.318 e. The molecular weight excluding hydrogens is 450 g/mol. The van der Waals surface area contributed by atoms with Crippen molar-refractivity contribution in [2.75, 3.05) is 0 Å². The molecule has 9 heteroatoms. The Hall–Kier alpha value is -2.88. The molecule has 1 fully saturated rings. The number of nitro groups is 1. The van der Waals surface area contributed by atoms with E-state index in [0.717, 1.165) is 32.4 Å². The zero-order valence-corrected chi connectivity index (χ0v) is 19.1. The first-order valence-electron chi connectivity index (χ1n) is 9.28. The Morgan fingerprint density at radius 1 is 1.10 bits per heavy atom. The lowest BCUT2D eigenvalue weighted by molar-refractivity contribution is -0.384. The molecule has 1 N–H and O–H groups in total. The number of nitrogens with one attached hydrogen (secondary N) is 1. The first-order valence-corrected chi connectivity index (χ1v) is 11.3. The molecule has 0 bridgehead atoms. The molecule has 3 aromatic rings. The van der Waals surface area contributed by atoms with Gasteiger partial charge < -0.3 is 9.88 Å². The standard InChI is InChI=1S/C22H17N3O3S3/c1-13-11-15(12-20-21(26)23-22(29)31-20)14(2)24(13)16-3-7-18(8-4-16)30-19-9-5-17(6-10-19)25(27)28/h3-12H,1-2H3,(H,23,26,29)/b20-12-. The van der Waals surface area contributed by atoms with Gasteiger partial charge in [-0.2, -0.15) is 0 Å². The van der Waals surface area contributed by atoms with Crippen molar-refractivity contribution in [1.82, 2.24) is 9.88 Å². The second kappa shape index (κ2) is 8.70. The van der Waals surface area contributed by atoms with Gasteiger partial charge in [-0.3, -0.25) is 14.9 Å². The van der Waals surface area contributed by atoms with E-state index in [0.29, 0.717) is 9.23 Å². The van der Waals surface area contributed by atoms with E-state index in [2.05, 4.69) is 16.0 Å². The number of carbonyl (C=O) groups is 1. The summed E-state index contributed by atoms with van der Waals surface area (Å²) >= 11 is 7.88. The van der Waals surface area contributed by atoms with Gasteiger partial charge in [0.1, 0.15) is 4.32 Å². The lowest BCUT2D eigenvalue weighted by Gasteiger charge is -2.11. The first-order chi connectivity index (χ1) is 14.8. The van der Waals surface area contributed by atoms with Crippen LogP contribution in [-0.2, 0) is 4.79 Å². The molecule has 0 saturated carbocycles. The Bertz CT molecular complexity index is 1230. The number of hydrogen-bond donors (Lipinski definition) is 1. The van der Waals surface area contributed by atoms with E-state index in [1.165, 1.54) is 23.9 Å². The Labute approximate surface area is 192 Å². The van der Waals surface area contributed by atoms with Crippen molar-refractivity contribution in [3.8, 4) is 5.69 Å². The topological polar surface area (TPSA) is 77.2 Å². The number of thiocarbonyl (C=S) groups is 1. The highest BCUT2D eigenvalue weighted by Gasteiger charge is 2.23. The maximum Gasteiger partial charge on any atom is 0.269 e. The average Bonchev–Trinajstić information content (AvgIpc) is 3.20. The number of rotatable bonds is 5. The molecule has 0 spiro atoms. The fourth-order valence-corrected chi connectivity index (χ4v) is 5.18. The molecule has 0 radical (unpaired) electrons. The summed E-state index contributed by atoms with van der Waals surface area (Å²) in [6.07, 6.45) is 1.87. The monoisotopic (exact) mass is 467 g/mol. The number of aryl methyl sites for hydroxylation is 1. The van der Waals surface area contributed by atoms with E-state index >= 15 is 0 Å². The Kier molecular flexibility index (Phi) is 5.99. The van der Waals surface area contributed by atoms with Crippen molar-refractivity contribution in [3.63, 3.8) is 0 Å². The number of hydrogen-bond acceptors (Lipinski definition) is 6. The van der Waals surface area contributed by atoms with Gasteiger partial charge in [-0.05, 0) is 68.0 Å². The SMILES string of the molecule is Cc1cc(/C=C2\SC(=S)NC2=O)c(C)n1-c1ccc(Sc2ccc([N+](=O)[O-])cc2)cc1. The van der Waals surface area contributed by atoms with Crippen LogP contribution in [0.2, 0.25) is 0 Å². The van der Waals surface area contributed by atoms with Gasteiger partial charge in [0, 0.05) is 39.0 Å². The minimum Gasteiger partial charge on any atom is -0.318 e. The maximum atomic E-state index is 12.0. The van der Waals surface area contributed by atoms with E-state index < -0.39 is 4.92 Å². The Morgan fingerprint density at radius 3 is 2.26 bits per heavy atom. The summed E-state index contributed by atoms with van der Waals surface area (Å²) in [6.45, 7) is 4.05. The summed E-state index contributed by atoms with van der Waals surface area (Å²) in [7, 11) is 0. The number of carbonyl (C=O) groups excluding carboxylic acids is 1. The molecule has 156 valence electrons. The van der Waals surface area contributed by atoms with Gasteiger partial charge in [0.15, 0.2) is 0 Å². The highest BCUT2D eigenvalue weighted by Crippen LogP contribution is 2.32. The number of non-ortho nitro benzene ring substituents is 1. The summed E-state index contributed by atoms with van der Waals surface area (Å²) in [6, 6.07) is 16.7. The van der Waals surface area contributed by atoms with Crippen LogP contribution in [0.25, 0.3) is 11.8 Å². The number of benzene rings is 2. The highest BCUT2D eigenvalue weighted by molar-refractivity contribution is 8.26. The number of aromatic nitrogens is 1. The predicted octanol–water partition coefficient (Wildman–Crippen LogP) is 5.64. The van der Waals surface area contributed by atoms with Crippen LogP contribution >= 0.6 is 35.7 Å². The van der Waals surface area contributed by atoms with Crippen LogP contribution in [0.15, 0.2) is 69.3 Å². The first kappa shape index (κ1) is 21.4. The molecule has 0 atom stereocenters. The Balaban J connectivity index is 1.56. The van der Waals surface area contributed by atoms with Gasteiger partial charge in [-0.1, -0.05) is 35.7 Å². The third kappa shape index (κ3) is 4.58. The van der Waals surface area contributed by atoms with Crippen LogP contribution < -0.4 is 5.32 Å². The normalized spacial score (nSPS) is 14.8. The summed E-state index contributed by atoms with van der Waals surface area (Å²) in [5.74, 6) is -0.160. The zero-order chi connectivity index (χ0) is 22.1. The average molecular weight is 468 g/mol. The van der Waals surface area contributed by atoms with Gasteiger partial charge in [0.25, 0.3) is 11.6 Å². The van der Waals surface area contributed by atoms with E-state index in [1.54, 1.807) is 23.9 Å². The minimum absolute atomic E-state index is 0.0827. The van der Waals surface area contributed by atoms with Crippen LogP contribution in [0.5, 0.6) is 0 Å². The van der Waals surface area contributed by atoms with E-state index in [4.69, 9.17) is 12.2 Å². The van der Waals surface area contributed by atoms with Gasteiger partial charge >= 0.3 is 0 Å². The molecule has 1 aromatic heterocycles. The predicted molar refractivity (Wildman–Crippen MR) is 129 cm³/mol. The van der Waals surface area contributed by atoms with Crippen molar-refractivity contribution in [2.24, 2.45) is 0 Å². The third-order valence-corrected chi connectivity index (χ3v) is 6.96. The summed E-state index contributed by atoms with van der Waals surface area (Å²) in [4.78, 5) is 24.9. The summed E-state index contributed by atoms with van der Waals surface area (Å²) in [5, 5.41) is 13.4.